The third-order valence-electron chi connectivity index (χ3n) is 14.0. The van der Waals surface area contributed by atoms with E-state index in [2.05, 4.69) is 14.1 Å². The van der Waals surface area contributed by atoms with Crippen LogP contribution >= 0.6 is 0 Å². The quantitative estimate of drug-likeness (QED) is 0.232. The third kappa shape index (κ3) is 7.36. The number of carboxylic acid groups (broad SMARTS) is 2. The first-order valence-corrected chi connectivity index (χ1v) is 18.5. The molecule has 0 spiro atoms. The molecule has 4 fully saturated rings. The van der Waals surface area contributed by atoms with Gasteiger partial charge in [-0.05, 0) is 36.1 Å². The van der Waals surface area contributed by atoms with E-state index in [1.807, 2.05) is 24.3 Å². The van der Waals surface area contributed by atoms with Crippen LogP contribution in [0.3, 0.4) is 0 Å². The molecule has 4 bridgehead atoms. The van der Waals surface area contributed by atoms with Crippen molar-refractivity contribution in [1.82, 2.24) is 0 Å². The number of hydrogen-bond acceptors (Lipinski definition) is 8. The van der Waals surface area contributed by atoms with Gasteiger partial charge in [0.2, 0.25) is 11.5 Å². The minimum absolute atomic E-state index is 0. The summed E-state index contributed by atoms with van der Waals surface area (Å²) in [5.41, 5.74) is 0.800. The minimum Gasteiger partial charge on any atom is -1.00 e. The first-order chi connectivity index (χ1) is 24.8. The first-order valence-electron chi connectivity index (χ1n) is 18.5. The average molecular weight is 887 g/mol. The topological polar surface area (TPSA) is 130 Å². The Labute approximate surface area is 340 Å². The highest BCUT2D eigenvalue weighted by Gasteiger charge is 2.64. The molecule has 2 aromatic carbocycles. The molecule has 12 nitrogen and oxygen atoms in total. The van der Waals surface area contributed by atoms with Gasteiger partial charge in [-0.1, -0.05) is 0 Å². The molecule has 4 unspecified atom stereocenters. The Morgan fingerprint density at radius 1 is 0.593 bits per heavy atom. The molecule has 0 amide bonds. The molecule has 0 aromatic heterocycles. The second-order valence-corrected chi connectivity index (χ2v) is 16.1. The fourth-order valence-corrected chi connectivity index (χ4v) is 11.4. The predicted molar refractivity (Wildman–Crippen MR) is 193 cm³/mol. The number of benzene rings is 2. The van der Waals surface area contributed by atoms with Crippen molar-refractivity contribution in [3.05, 3.63) is 35.4 Å². The largest absolute Gasteiger partial charge is 1.00 e. The number of ether oxygens (including phenoxy) is 6. The first kappa shape index (κ1) is 43.8. The molecular formula is C40H58Br2N2O10. The van der Waals surface area contributed by atoms with Crippen molar-refractivity contribution in [2.45, 2.75) is 95.0 Å². The molecule has 14 heteroatoms. The van der Waals surface area contributed by atoms with Crippen molar-refractivity contribution in [1.29, 1.82) is 0 Å². The number of quaternary nitrogens is 2. The summed E-state index contributed by atoms with van der Waals surface area (Å²) in [7, 11) is 14.2. The number of carboxylic acids is 2. The summed E-state index contributed by atoms with van der Waals surface area (Å²) in [5, 5.41) is 21.7. The number of rotatable bonds is 15. The minimum atomic E-state index is -1.33. The van der Waals surface area contributed by atoms with Crippen LogP contribution in [0.15, 0.2) is 24.3 Å². The van der Waals surface area contributed by atoms with E-state index in [1.54, 1.807) is 42.7 Å². The normalized spacial score (nSPS) is 30.5. The van der Waals surface area contributed by atoms with E-state index in [1.165, 1.54) is 0 Å². The van der Waals surface area contributed by atoms with Crippen molar-refractivity contribution in [3.8, 4) is 34.5 Å². The Morgan fingerprint density at radius 3 is 1.11 bits per heavy atom. The van der Waals surface area contributed by atoms with Gasteiger partial charge in [0.1, 0.15) is 13.1 Å². The lowest BCUT2D eigenvalue weighted by Gasteiger charge is -2.55. The molecule has 302 valence electrons. The summed E-state index contributed by atoms with van der Waals surface area (Å²) in [6, 6.07) is 8.91. The van der Waals surface area contributed by atoms with Gasteiger partial charge in [-0.15, -0.1) is 0 Å². The fraction of sp³-hybridized carbons (Fsp3) is 0.650. The molecule has 4 aliphatic heterocycles. The van der Waals surface area contributed by atoms with Gasteiger partial charge in [0.15, 0.2) is 23.0 Å². The highest BCUT2D eigenvalue weighted by atomic mass is 79.9. The van der Waals surface area contributed by atoms with E-state index in [0.29, 0.717) is 60.2 Å². The second kappa shape index (κ2) is 17.1. The standard InChI is InChI=1S/C40H56N2O10.2BrH/c1-41(22-24-13-32(47-3)37(51-7)33(14-24)48-4)28-9-10-29(41)18-26(17-28)40(39(45)46,21-36(43)44)27-19-30-11-12-31(20-27)42(30,2)23-25-15-34(49-5)38(52-8)35(16-25)50-6;;/h13-16,26-31H,9-12,17-23H2,1-8H3;2*1H. The predicted octanol–water partition coefficient (Wildman–Crippen LogP) is -0.233. The van der Waals surface area contributed by atoms with E-state index in [9.17, 15) is 19.8 Å². The molecule has 4 saturated heterocycles. The van der Waals surface area contributed by atoms with Crippen molar-refractivity contribution in [2.24, 2.45) is 17.3 Å². The summed E-state index contributed by atoms with van der Waals surface area (Å²) < 4.78 is 35.3. The smallest absolute Gasteiger partial charge is 0.310 e. The molecule has 2 aromatic rings. The van der Waals surface area contributed by atoms with Crippen LogP contribution in [0.25, 0.3) is 0 Å². The zero-order chi connectivity index (χ0) is 37.6. The highest BCUT2D eigenvalue weighted by Crippen LogP contribution is 2.59. The zero-order valence-corrected chi connectivity index (χ0v) is 36.0. The Kier molecular flexibility index (Phi) is 13.8. The lowest BCUT2D eigenvalue weighted by molar-refractivity contribution is -0.963. The number of aliphatic carboxylic acids is 2. The molecule has 0 radical (unpaired) electrons. The van der Waals surface area contributed by atoms with Gasteiger partial charge in [0.25, 0.3) is 0 Å². The van der Waals surface area contributed by atoms with Gasteiger partial charge < -0.3 is 81.6 Å². The van der Waals surface area contributed by atoms with E-state index in [4.69, 9.17) is 28.4 Å². The van der Waals surface area contributed by atoms with E-state index < -0.39 is 17.4 Å². The number of halogens is 2. The second-order valence-electron chi connectivity index (χ2n) is 16.1. The number of hydrogen-bond donors (Lipinski definition) is 2. The van der Waals surface area contributed by atoms with Gasteiger partial charge in [0, 0.05) is 62.5 Å². The highest BCUT2D eigenvalue weighted by molar-refractivity contribution is 5.82. The summed E-state index contributed by atoms with van der Waals surface area (Å²) >= 11 is 0. The molecule has 0 aliphatic carbocycles. The lowest BCUT2D eigenvalue weighted by Crippen LogP contribution is -3.00. The monoisotopic (exact) mass is 884 g/mol. The Balaban J connectivity index is 0.00000325. The summed E-state index contributed by atoms with van der Waals surface area (Å²) in [4.78, 5) is 26.5. The third-order valence-corrected chi connectivity index (χ3v) is 14.0. The van der Waals surface area contributed by atoms with Crippen LogP contribution in [0.4, 0.5) is 0 Å². The van der Waals surface area contributed by atoms with Gasteiger partial charge >= 0.3 is 11.9 Å². The van der Waals surface area contributed by atoms with Gasteiger partial charge in [0.05, 0.1) is 92.8 Å². The van der Waals surface area contributed by atoms with E-state index >= 15 is 0 Å². The molecule has 4 heterocycles. The number of methoxy groups -OCH3 is 6. The van der Waals surface area contributed by atoms with Crippen LogP contribution in [0.2, 0.25) is 0 Å². The Bertz CT molecular complexity index is 1490. The summed E-state index contributed by atoms with van der Waals surface area (Å²) in [6.07, 6.45) is 6.40. The van der Waals surface area contributed by atoms with Gasteiger partial charge in [-0.25, -0.2) is 0 Å². The molecule has 0 saturated carbocycles. The molecular weight excluding hydrogens is 828 g/mol. The Morgan fingerprint density at radius 2 is 0.889 bits per heavy atom. The lowest BCUT2D eigenvalue weighted by atomic mass is 9.57. The fourth-order valence-electron chi connectivity index (χ4n) is 11.4. The maximum Gasteiger partial charge on any atom is 0.310 e. The van der Waals surface area contributed by atoms with E-state index in [-0.39, 0.29) is 76.4 Å². The maximum atomic E-state index is 13.8. The summed E-state index contributed by atoms with van der Waals surface area (Å²) in [6.45, 7) is 1.48. The summed E-state index contributed by atoms with van der Waals surface area (Å²) in [5.74, 6) is 1.14. The Hall–Kier alpha value is -2.94. The number of nitrogens with zero attached hydrogens (tertiary/aromatic N) is 2. The van der Waals surface area contributed by atoms with Crippen molar-refractivity contribution in [3.63, 3.8) is 0 Å². The molecule has 2 N–H and O–H groups in total. The van der Waals surface area contributed by atoms with Gasteiger partial charge in [-0.3, -0.25) is 9.59 Å². The number of carbonyl (C=O) groups is 2. The van der Waals surface area contributed by atoms with Crippen LogP contribution < -0.4 is 62.4 Å². The van der Waals surface area contributed by atoms with E-state index in [0.717, 1.165) is 58.9 Å². The van der Waals surface area contributed by atoms with Crippen molar-refractivity contribution in [2.75, 3.05) is 56.8 Å². The number of piperidine rings is 2. The average Bonchev–Trinajstić information content (AvgIpc) is 3.36. The molecule has 4 aliphatic rings. The molecule has 6 rings (SSSR count). The van der Waals surface area contributed by atoms with Crippen LogP contribution in [-0.2, 0) is 22.7 Å². The molecule has 4 atom stereocenters. The van der Waals surface area contributed by atoms with Gasteiger partial charge in [-0.2, -0.15) is 0 Å². The van der Waals surface area contributed by atoms with Crippen LogP contribution in [0.5, 0.6) is 34.5 Å². The van der Waals surface area contributed by atoms with Crippen molar-refractivity contribution >= 4 is 11.9 Å². The SMILES string of the molecule is COc1cc(C[N+]2(C)C3CCC2CC(C(CC(=O)O)(C(=O)O)C2CC4CCC(C2)[N+]4(C)Cc2cc(OC)c(OC)c(OC)c2)C3)cc(OC)c1OC.[Br-].[Br-]. The zero-order valence-electron chi connectivity index (χ0n) is 32.9. The van der Waals surface area contributed by atoms with Crippen LogP contribution in [0.1, 0.15) is 68.9 Å². The number of fused-ring (bicyclic) bond motifs is 4. The van der Waals surface area contributed by atoms with Crippen LogP contribution in [0, 0.1) is 17.3 Å². The maximum absolute atomic E-state index is 13.8. The molecule has 54 heavy (non-hydrogen) atoms. The van der Waals surface area contributed by atoms with Crippen LogP contribution in [-0.4, -0.2) is 112 Å². The van der Waals surface area contributed by atoms with Crippen molar-refractivity contribution < 1.29 is 91.2 Å².